The Morgan fingerprint density at radius 3 is 2.16 bits per heavy atom. The van der Waals surface area contributed by atoms with Gasteiger partial charge in [-0.2, -0.15) is 0 Å². The molecule has 2 rings (SSSR count). The summed E-state index contributed by atoms with van der Waals surface area (Å²) >= 11 is 0. The van der Waals surface area contributed by atoms with Crippen LogP contribution in [-0.2, 0) is 19.1 Å². The molecule has 0 aliphatic rings. The molecule has 4 amide bonds. The van der Waals surface area contributed by atoms with Crippen LogP contribution in [0.4, 0.5) is 10.5 Å². The number of hydrogen-bond donors (Lipinski definition) is 4. The van der Waals surface area contributed by atoms with Crippen molar-refractivity contribution in [1.82, 2.24) is 10.2 Å². The number of rotatable bonds is 16. The van der Waals surface area contributed by atoms with E-state index in [1.54, 1.807) is 32.9 Å². The third-order valence-electron chi connectivity index (χ3n) is 7.18. The first kappa shape index (κ1) is 36.1. The van der Waals surface area contributed by atoms with Crippen molar-refractivity contribution in [2.45, 2.75) is 111 Å². The van der Waals surface area contributed by atoms with Crippen molar-refractivity contribution < 1.29 is 29.0 Å². The topological polar surface area (TPSA) is 151 Å². The van der Waals surface area contributed by atoms with Crippen LogP contribution < -0.4 is 16.4 Å². The summed E-state index contributed by atoms with van der Waals surface area (Å²) in [5, 5.41) is 16.0. The van der Waals surface area contributed by atoms with E-state index in [2.05, 4.69) is 17.6 Å². The first-order valence-electron chi connectivity index (χ1n) is 15.5. The number of hydrogen-bond acceptors (Lipinski definition) is 6. The van der Waals surface area contributed by atoms with E-state index in [4.69, 9.17) is 10.5 Å². The van der Waals surface area contributed by atoms with Gasteiger partial charge in [0.1, 0.15) is 23.4 Å². The molecule has 0 aliphatic carbocycles. The molecule has 0 aliphatic heterocycles. The lowest BCUT2D eigenvalue weighted by atomic mass is 9.99. The molecule has 2 aromatic rings. The Labute approximate surface area is 261 Å². The summed E-state index contributed by atoms with van der Waals surface area (Å²) in [5.41, 5.74) is 7.34. The molecule has 0 saturated heterocycles. The number of ether oxygens (including phenoxy) is 1. The molecule has 0 bridgehead atoms. The summed E-state index contributed by atoms with van der Waals surface area (Å²) in [7, 11) is 0. The summed E-state index contributed by atoms with van der Waals surface area (Å²) in [4.78, 5) is 54.5. The van der Waals surface area contributed by atoms with Crippen LogP contribution in [0.15, 0.2) is 42.5 Å². The van der Waals surface area contributed by atoms with E-state index in [0.717, 1.165) is 43.2 Å². The zero-order chi connectivity index (χ0) is 32.9. The van der Waals surface area contributed by atoms with E-state index in [1.807, 2.05) is 32.0 Å². The smallest absolute Gasteiger partial charge is 0.408 e. The van der Waals surface area contributed by atoms with Gasteiger partial charge in [-0.3, -0.25) is 14.4 Å². The largest absolute Gasteiger partial charge is 0.508 e. The van der Waals surface area contributed by atoms with Gasteiger partial charge in [-0.25, -0.2) is 4.79 Å². The lowest BCUT2D eigenvalue weighted by molar-refractivity contribution is -0.141. The van der Waals surface area contributed by atoms with E-state index in [1.165, 1.54) is 17.0 Å². The minimum Gasteiger partial charge on any atom is -0.508 e. The molecule has 2 atom stereocenters. The van der Waals surface area contributed by atoms with Gasteiger partial charge in [-0.1, -0.05) is 69.4 Å². The standard InChI is InChI=1S/C34H50N4O6/c1-7-8-9-10-11-12-21-38(32(42)27(19-20-28(35)40)36-33(43)44-34(4,5)6)30(25-17-14-18-26(39)22-25)31(41)37-29-23(2)15-13-16-24(29)3/h13-18,22,27,30,39H,7-12,19-21H2,1-6H3,(H2,35,40)(H,36,43)(H,37,41). The Balaban J connectivity index is 2.57. The predicted octanol–water partition coefficient (Wildman–Crippen LogP) is 6.04. The fourth-order valence-electron chi connectivity index (χ4n) is 4.99. The van der Waals surface area contributed by atoms with Crippen molar-refractivity contribution in [3.8, 4) is 5.75 Å². The molecule has 2 aromatic carbocycles. The molecular formula is C34H50N4O6. The maximum absolute atomic E-state index is 14.4. The first-order chi connectivity index (χ1) is 20.7. The number of nitrogens with one attached hydrogen (secondary N) is 2. The Morgan fingerprint density at radius 1 is 0.955 bits per heavy atom. The van der Waals surface area contributed by atoms with Crippen LogP contribution in [0.5, 0.6) is 5.75 Å². The molecule has 242 valence electrons. The summed E-state index contributed by atoms with van der Waals surface area (Å²) in [6.07, 6.45) is 4.62. The second-order valence-corrected chi connectivity index (χ2v) is 12.3. The lowest BCUT2D eigenvalue weighted by Gasteiger charge is -2.35. The maximum Gasteiger partial charge on any atom is 0.408 e. The van der Waals surface area contributed by atoms with Crippen LogP contribution in [0, 0.1) is 13.8 Å². The second kappa shape index (κ2) is 17.3. The van der Waals surface area contributed by atoms with Crippen molar-refractivity contribution >= 4 is 29.5 Å². The number of phenols is 1. The van der Waals surface area contributed by atoms with Crippen LogP contribution in [0.2, 0.25) is 0 Å². The van der Waals surface area contributed by atoms with Gasteiger partial charge < -0.3 is 31.1 Å². The monoisotopic (exact) mass is 610 g/mol. The van der Waals surface area contributed by atoms with E-state index >= 15 is 0 Å². The van der Waals surface area contributed by atoms with E-state index in [-0.39, 0.29) is 25.1 Å². The third-order valence-corrected chi connectivity index (χ3v) is 7.18. The number of aryl methyl sites for hydroxylation is 2. The van der Waals surface area contributed by atoms with E-state index in [9.17, 15) is 24.3 Å². The molecular weight excluding hydrogens is 560 g/mol. The molecule has 5 N–H and O–H groups in total. The minimum absolute atomic E-state index is 0.0588. The van der Waals surface area contributed by atoms with Gasteiger partial charge in [-0.15, -0.1) is 0 Å². The van der Waals surface area contributed by atoms with Crippen molar-refractivity contribution in [2.75, 3.05) is 11.9 Å². The number of primary amides is 1. The summed E-state index contributed by atoms with van der Waals surface area (Å²) in [5.74, 6) is -1.72. The summed E-state index contributed by atoms with van der Waals surface area (Å²) < 4.78 is 5.41. The van der Waals surface area contributed by atoms with Crippen molar-refractivity contribution in [3.05, 3.63) is 59.2 Å². The third kappa shape index (κ3) is 11.9. The number of anilines is 1. The van der Waals surface area contributed by atoms with Crippen LogP contribution >= 0.6 is 0 Å². The second-order valence-electron chi connectivity index (χ2n) is 12.3. The first-order valence-corrected chi connectivity index (χ1v) is 15.5. The van der Waals surface area contributed by atoms with Crippen molar-refractivity contribution in [1.29, 1.82) is 0 Å². The van der Waals surface area contributed by atoms with Crippen LogP contribution in [0.25, 0.3) is 0 Å². The van der Waals surface area contributed by atoms with Gasteiger partial charge in [0, 0.05) is 18.7 Å². The average Bonchev–Trinajstić information content (AvgIpc) is 2.92. The molecule has 0 heterocycles. The average molecular weight is 611 g/mol. The number of phenolic OH excluding ortho intramolecular Hbond substituents is 1. The van der Waals surface area contributed by atoms with Crippen LogP contribution in [0.1, 0.15) is 102 Å². The molecule has 0 spiro atoms. The fourth-order valence-corrected chi connectivity index (χ4v) is 4.99. The number of para-hydroxylation sites is 1. The SMILES string of the molecule is CCCCCCCCN(C(=O)C(CCC(N)=O)NC(=O)OC(C)(C)C)C(C(=O)Nc1c(C)cccc1C)c1cccc(O)c1. The highest BCUT2D eigenvalue weighted by Gasteiger charge is 2.36. The van der Waals surface area contributed by atoms with Gasteiger partial charge in [0.05, 0.1) is 0 Å². The number of unbranched alkanes of at least 4 members (excludes halogenated alkanes) is 5. The molecule has 0 saturated carbocycles. The van der Waals surface area contributed by atoms with Crippen molar-refractivity contribution in [3.63, 3.8) is 0 Å². The quantitative estimate of drug-likeness (QED) is 0.170. The van der Waals surface area contributed by atoms with Gasteiger partial charge >= 0.3 is 6.09 Å². The van der Waals surface area contributed by atoms with Gasteiger partial charge in [-0.05, 0) is 76.3 Å². The molecule has 44 heavy (non-hydrogen) atoms. The highest BCUT2D eigenvalue weighted by Crippen LogP contribution is 2.29. The van der Waals surface area contributed by atoms with Gasteiger partial charge in [0.15, 0.2) is 0 Å². The maximum atomic E-state index is 14.4. The number of nitrogens with two attached hydrogens (primary N) is 1. The highest BCUT2D eigenvalue weighted by molar-refractivity contribution is 6.00. The number of nitrogens with zero attached hydrogens (tertiary/aromatic N) is 1. The zero-order valence-electron chi connectivity index (χ0n) is 27.1. The predicted molar refractivity (Wildman–Crippen MR) is 172 cm³/mol. The van der Waals surface area contributed by atoms with Gasteiger partial charge in [0.25, 0.3) is 5.91 Å². The number of carbonyl (C=O) groups excluding carboxylic acids is 4. The number of carbonyl (C=O) groups is 4. The van der Waals surface area contributed by atoms with Crippen molar-refractivity contribution in [2.24, 2.45) is 5.73 Å². The Morgan fingerprint density at radius 2 is 1.57 bits per heavy atom. The minimum atomic E-state index is -1.19. The molecule has 0 fully saturated rings. The summed E-state index contributed by atoms with van der Waals surface area (Å²) in [6, 6.07) is 9.56. The van der Waals surface area contributed by atoms with Gasteiger partial charge in [0.2, 0.25) is 11.8 Å². The Hall–Kier alpha value is -4.08. The number of amides is 4. The normalized spacial score (nSPS) is 12.6. The summed E-state index contributed by atoms with van der Waals surface area (Å²) in [6.45, 7) is 11.2. The number of benzene rings is 2. The highest BCUT2D eigenvalue weighted by atomic mass is 16.6. The van der Waals surface area contributed by atoms with E-state index in [0.29, 0.717) is 17.7 Å². The molecule has 10 nitrogen and oxygen atoms in total. The van der Waals surface area contributed by atoms with Crippen LogP contribution in [0.3, 0.4) is 0 Å². The number of aromatic hydroxyl groups is 1. The van der Waals surface area contributed by atoms with Crippen LogP contribution in [-0.4, -0.2) is 52.0 Å². The molecule has 2 unspecified atom stereocenters. The Kier molecular flexibility index (Phi) is 14.2. The molecule has 0 aromatic heterocycles. The Bertz CT molecular complexity index is 1250. The molecule has 10 heteroatoms. The van der Waals surface area contributed by atoms with E-state index < -0.39 is 41.5 Å². The zero-order valence-corrected chi connectivity index (χ0v) is 27.1. The lowest BCUT2D eigenvalue weighted by Crippen LogP contribution is -2.53. The molecule has 0 radical (unpaired) electrons. The number of alkyl carbamates (subject to hydrolysis) is 1. The fraction of sp³-hybridized carbons (Fsp3) is 0.529.